The summed E-state index contributed by atoms with van der Waals surface area (Å²) in [6.45, 7) is 4.20. The number of nitrogens with zero attached hydrogens (tertiary/aromatic N) is 2. The number of nitriles is 1. The second-order valence-electron chi connectivity index (χ2n) is 4.98. The van der Waals surface area contributed by atoms with Crippen LogP contribution in [0, 0.1) is 11.3 Å². The van der Waals surface area contributed by atoms with Gasteiger partial charge in [0.2, 0.25) is 0 Å². The second kappa shape index (κ2) is 7.63. The molecule has 1 atom stereocenters. The zero-order valence-electron chi connectivity index (χ0n) is 12.2. The van der Waals surface area contributed by atoms with Crippen LogP contribution in [0.2, 0.25) is 5.02 Å². The molecule has 0 amide bonds. The summed E-state index contributed by atoms with van der Waals surface area (Å²) in [5.74, 6) is 0.737. The van der Waals surface area contributed by atoms with E-state index in [-0.39, 0.29) is 0 Å². The molecule has 0 radical (unpaired) electrons. The summed E-state index contributed by atoms with van der Waals surface area (Å²) in [5.41, 5.74) is 0.222. The van der Waals surface area contributed by atoms with E-state index in [0.29, 0.717) is 24.5 Å². The van der Waals surface area contributed by atoms with Gasteiger partial charge in [-0.3, -0.25) is 4.98 Å². The molecule has 4 heteroatoms. The summed E-state index contributed by atoms with van der Waals surface area (Å²) in [6.07, 6.45) is 6.31. The number of allylic oxidation sites excluding steroid dienone is 1. The summed E-state index contributed by atoms with van der Waals surface area (Å²) in [4.78, 5) is 4.12. The van der Waals surface area contributed by atoms with Gasteiger partial charge >= 0.3 is 0 Å². The van der Waals surface area contributed by atoms with E-state index in [2.05, 4.69) is 17.6 Å². The molecule has 2 aromatic rings. The minimum atomic E-state index is -0.664. The molecule has 0 bridgehead atoms. The van der Waals surface area contributed by atoms with Crippen molar-refractivity contribution >= 4 is 11.6 Å². The number of hydrogen-bond acceptors (Lipinski definition) is 3. The lowest BCUT2D eigenvalue weighted by Crippen LogP contribution is -2.26. The zero-order chi connectivity index (χ0) is 15.8. The van der Waals surface area contributed by atoms with Crippen molar-refractivity contribution in [2.45, 2.75) is 18.3 Å². The average molecular weight is 313 g/mol. The maximum Gasteiger partial charge on any atom is 0.119 e. The first kappa shape index (κ1) is 16.1. The topological polar surface area (TPSA) is 45.9 Å². The SMILES string of the molecule is C=CCC(C#N)(CCOc1ccc(Cl)cc1)c1cccnc1. The molecule has 1 aromatic carbocycles. The third-order valence-corrected chi connectivity index (χ3v) is 3.78. The van der Waals surface area contributed by atoms with Crippen molar-refractivity contribution in [3.63, 3.8) is 0 Å². The Hall–Kier alpha value is -2.31. The molecule has 0 aliphatic rings. The molecule has 1 aromatic heterocycles. The number of halogens is 1. The highest BCUT2D eigenvalue weighted by Crippen LogP contribution is 2.31. The van der Waals surface area contributed by atoms with Crippen LogP contribution in [-0.2, 0) is 5.41 Å². The third-order valence-electron chi connectivity index (χ3n) is 3.53. The lowest BCUT2D eigenvalue weighted by Gasteiger charge is -2.25. The average Bonchev–Trinajstić information content (AvgIpc) is 2.56. The molecule has 0 aliphatic carbocycles. The monoisotopic (exact) mass is 312 g/mol. The highest BCUT2D eigenvalue weighted by atomic mass is 35.5. The van der Waals surface area contributed by atoms with Crippen molar-refractivity contribution in [3.8, 4) is 11.8 Å². The van der Waals surface area contributed by atoms with Crippen molar-refractivity contribution in [2.75, 3.05) is 6.61 Å². The van der Waals surface area contributed by atoms with E-state index >= 15 is 0 Å². The molecule has 0 aliphatic heterocycles. The van der Waals surface area contributed by atoms with Crippen LogP contribution in [0.25, 0.3) is 0 Å². The minimum Gasteiger partial charge on any atom is -0.494 e. The summed E-state index contributed by atoms with van der Waals surface area (Å²) in [7, 11) is 0. The van der Waals surface area contributed by atoms with E-state index < -0.39 is 5.41 Å². The number of ether oxygens (including phenoxy) is 1. The van der Waals surface area contributed by atoms with Crippen LogP contribution >= 0.6 is 11.6 Å². The number of aromatic nitrogens is 1. The first-order valence-corrected chi connectivity index (χ1v) is 7.39. The second-order valence-corrected chi connectivity index (χ2v) is 5.42. The van der Waals surface area contributed by atoms with Gasteiger partial charge in [-0.25, -0.2) is 0 Å². The van der Waals surface area contributed by atoms with Gasteiger partial charge in [0.1, 0.15) is 5.75 Å². The lowest BCUT2D eigenvalue weighted by molar-refractivity contribution is 0.279. The van der Waals surface area contributed by atoms with E-state index in [1.807, 2.05) is 24.3 Å². The Bertz CT molecular complexity index is 649. The zero-order valence-corrected chi connectivity index (χ0v) is 13.0. The first-order chi connectivity index (χ1) is 10.7. The smallest absolute Gasteiger partial charge is 0.119 e. The number of pyridine rings is 1. The van der Waals surface area contributed by atoms with Gasteiger partial charge in [0.25, 0.3) is 0 Å². The highest BCUT2D eigenvalue weighted by Gasteiger charge is 2.31. The molecule has 0 spiro atoms. The third kappa shape index (κ3) is 3.87. The Morgan fingerprint density at radius 2 is 2.09 bits per heavy atom. The Labute approximate surface area is 135 Å². The first-order valence-electron chi connectivity index (χ1n) is 7.01. The quantitative estimate of drug-likeness (QED) is 0.705. The van der Waals surface area contributed by atoms with Crippen LogP contribution < -0.4 is 4.74 Å². The predicted octanol–water partition coefficient (Wildman–Crippen LogP) is 4.54. The van der Waals surface area contributed by atoms with E-state index in [9.17, 15) is 5.26 Å². The molecule has 3 nitrogen and oxygen atoms in total. The molecule has 0 N–H and O–H groups in total. The lowest BCUT2D eigenvalue weighted by atomic mass is 9.77. The van der Waals surface area contributed by atoms with Gasteiger partial charge in [0.15, 0.2) is 0 Å². The largest absolute Gasteiger partial charge is 0.494 e. The van der Waals surface area contributed by atoms with E-state index in [1.165, 1.54) is 0 Å². The minimum absolute atomic E-state index is 0.428. The molecule has 112 valence electrons. The Balaban J connectivity index is 2.09. The summed E-state index contributed by atoms with van der Waals surface area (Å²) >= 11 is 5.85. The van der Waals surface area contributed by atoms with Crippen LogP contribution in [0.4, 0.5) is 0 Å². The molecule has 22 heavy (non-hydrogen) atoms. The van der Waals surface area contributed by atoms with Crippen molar-refractivity contribution < 1.29 is 4.74 Å². The predicted molar refractivity (Wildman–Crippen MR) is 87.9 cm³/mol. The van der Waals surface area contributed by atoms with Gasteiger partial charge in [-0.1, -0.05) is 23.7 Å². The Morgan fingerprint density at radius 3 is 2.68 bits per heavy atom. The fraction of sp³-hybridized carbons (Fsp3) is 0.222. The van der Waals surface area contributed by atoms with Gasteiger partial charge in [-0.2, -0.15) is 5.26 Å². The number of hydrogen-bond donors (Lipinski definition) is 0. The summed E-state index contributed by atoms with van der Waals surface area (Å²) in [6, 6.07) is 13.4. The molecule has 1 unspecified atom stereocenters. The summed E-state index contributed by atoms with van der Waals surface area (Å²) in [5, 5.41) is 10.4. The molecule has 0 fully saturated rings. The standard InChI is InChI=1S/C18H17ClN2O/c1-2-9-18(14-20,15-4-3-11-21-13-15)10-12-22-17-7-5-16(19)6-8-17/h2-8,11,13H,1,9-10,12H2. The van der Waals surface area contributed by atoms with Gasteiger partial charge in [-0.05, 0) is 42.3 Å². The molecular weight excluding hydrogens is 296 g/mol. The normalized spacial score (nSPS) is 12.9. The summed E-state index contributed by atoms with van der Waals surface area (Å²) < 4.78 is 5.72. The molecule has 1 heterocycles. The van der Waals surface area contributed by atoms with Crippen LogP contribution in [0.5, 0.6) is 5.75 Å². The number of benzene rings is 1. The Morgan fingerprint density at radius 1 is 1.32 bits per heavy atom. The van der Waals surface area contributed by atoms with Crippen molar-refractivity contribution in [2.24, 2.45) is 0 Å². The van der Waals surface area contributed by atoms with Gasteiger partial charge < -0.3 is 4.74 Å². The molecule has 0 saturated heterocycles. The van der Waals surface area contributed by atoms with Gasteiger partial charge in [-0.15, -0.1) is 6.58 Å². The van der Waals surface area contributed by atoms with E-state index in [1.54, 1.807) is 30.6 Å². The molecular formula is C18H17ClN2O. The maximum absolute atomic E-state index is 9.70. The van der Waals surface area contributed by atoms with Crippen molar-refractivity contribution in [3.05, 3.63) is 72.0 Å². The van der Waals surface area contributed by atoms with E-state index in [4.69, 9.17) is 16.3 Å². The molecule has 0 saturated carbocycles. The van der Waals surface area contributed by atoms with Crippen LogP contribution in [0.1, 0.15) is 18.4 Å². The van der Waals surface area contributed by atoms with E-state index in [0.717, 1.165) is 11.3 Å². The molecule has 2 rings (SSSR count). The highest BCUT2D eigenvalue weighted by molar-refractivity contribution is 6.30. The van der Waals surface area contributed by atoms with Crippen molar-refractivity contribution in [1.29, 1.82) is 5.26 Å². The van der Waals surface area contributed by atoms with Crippen LogP contribution in [-0.4, -0.2) is 11.6 Å². The van der Waals surface area contributed by atoms with Crippen molar-refractivity contribution in [1.82, 2.24) is 4.98 Å². The number of rotatable bonds is 7. The Kier molecular flexibility index (Phi) is 5.57. The maximum atomic E-state index is 9.70. The van der Waals surface area contributed by atoms with Gasteiger partial charge in [0, 0.05) is 23.8 Å². The van der Waals surface area contributed by atoms with Gasteiger partial charge in [0.05, 0.1) is 18.1 Å². The van der Waals surface area contributed by atoms with Crippen LogP contribution in [0.3, 0.4) is 0 Å². The fourth-order valence-corrected chi connectivity index (χ4v) is 2.42. The van der Waals surface area contributed by atoms with Crippen LogP contribution in [0.15, 0.2) is 61.4 Å². The fourth-order valence-electron chi connectivity index (χ4n) is 2.30.